The average Bonchev–Trinajstić information content (AvgIpc) is 2.46. The van der Waals surface area contributed by atoms with Gasteiger partial charge in [0.25, 0.3) is 5.91 Å². The van der Waals surface area contributed by atoms with Crippen LogP contribution in [0.2, 0.25) is 0 Å². The Morgan fingerprint density at radius 2 is 1.68 bits per heavy atom. The van der Waals surface area contributed by atoms with Gasteiger partial charge in [-0.3, -0.25) is 4.79 Å². The summed E-state index contributed by atoms with van der Waals surface area (Å²) < 4.78 is 51.4. The molecule has 2 aromatic carbocycles. The van der Waals surface area contributed by atoms with Crippen LogP contribution in [0, 0.1) is 5.82 Å². The summed E-state index contributed by atoms with van der Waals surface area (Å²) in [5.41, 5.74) is -0.0707. The lowest BCUT2D eigenvalue weighted by Gasteiger charge is -2.27. The number of rotatable bonds is 1. The number of amides is 1. The Morgan fingerprint density at radius 3 is 2.32 bits per heavy atom. The molecular formula is C15H10F4N2O. The molecule has 7 heteroatoms. The third-order valence-corrected chi connectivity index (χ3v) is 3.39. The van der Waals surface area contributed by atoms with E-state index in [1.165, 1.54) is 30.3 Å². The first kappa shape index (κ1) is 14.4. The van der Waals surface area contributed by atoms with Crippen LogP contribution in [0.1, 0.15) is 17.2 Å². The molecule has 0 unspecified atom stereocenters. The number of alkyl halides is 3. The topological polar surface area (TPSA) is 41.1 Å². The predicted molar refractivity (Wildman–Crippen MR) is 72.8 cm³/mol. The maximum absolute atomic E-state index is 13.7. The number of fused-ring (bicyclic) bond motifs is 1. The van der Waals surface area contributed by atoms with E-state index < -0.39 is 29.5 Å². The van der Waals surface area contributed by atoms with Crippen LogP contribution in [0.15, 0.2) is 42.5 Å². The van der Waals surface area contributed by atoms with Gasteiger partial charge in [-0.1, -0.05) is 18.2 Å². The van der Waals surface area contributed by atoms with Gasteiger partial charge in [0.1, 0.15) is 11.9 Å². The van der Waals surface area contributed by atoms with Gasteiger partial charge in [-0.15, -0.1) is 0 Å². The molecule has 0 spiro atoms. The molecule has 0 aromatic heterocycles. The number of carbonyl (C=O) groups excluding carboxylic acids is 1. The lowest BCUT2D eigenvalue weighted by molar-refractivity contribution is -0.137. The number of para-hydroxylation sites is 1. The van der Waals surface area contributed by atoms with Crippen molar-refractivity contribution >= 4 is 17.3 Å². The first-order valence-electron chi connectivity index (χ1n) is 6.39. The minimum absolute atomic E-state index is 0.118. The zero-order chi connectivity index (χ0) is 15.9. The molecule has 1 heterocycles. The minimum atomic E-state index is -4.44. The Morgan fingerprint density at radius 1 is 1.00 bits per heavy atom. The van der Waals surface area contributed by atoms with Gasteiger partial charge in [-0.2, -0.15) is 13.2 Å². The lowest BCUT2D eigenvalue weighted by Crippen LogP contribution is -2.32. The third kappa shape index (κ3) is 2.49. The smallest absolute Gasteiger partial charge is 0.366 e. The van der Waals surface area contributed by atoms with Crippen molar-refractivity contribution in [2.75, 3.05) is 10.6 Å². The highest BCUT2D eigenvalue weighted by Gasteiger charge is 2.32. The second-order valence-corrected chi connectivity index (χ2v) is 4.85. The first-order chi connectivity index (χ1) is 10.4. The molecule has 0 aliphatic carbocycles. The number of carbonyl (C=O) groups is 1. The summed E-state index contributed by atoms with van der Waals surface area (Å²) in [5.74, 6) is -1.01. The zero-order valence-electron chi connectivity index (χ0n) is 11.0. The fourth-order valence-corrected chi connectivity index (χ4v) is 2.29. The number of hydrogen-bond donors (Lipinski definition) is 2. The first-order valence-corrected chi connectivity index (χ1v) is 6.39. The van der Waals surface area contributed by atoms with Crippen LogP contribution in [-0.4, -0.2) is 5.91 Å². The molecule has 0 fully saturated rings. The van der Waals surface area contributed by atoms with Crippen LogP contribution < -0.4 is 10.6 Å². The van der Waals surface area contributed by atoms with Crippen molar-refractivity contribution in [3.63, 3.8) is 0 Å². The minimum Gasteiger partial charge on any atom is -0.366 e. The number of anilines is 2. The van der Waals surface area contributed by atoms with Gasteiger partial charge in [0.2, 0.25) is 0 Å². The van der Waals surface area contributed by atoms with Crippen molar-refractivity contribution in [2.45, 2.75) is 12.2 Å². The second-order valence-electron chi connectivity index (χ2n) is 4.85. The molecule has 3 nitrogen and oxygen atoms in total. The Hall–Kier alpha value is -2.57. The van der Waals surface area contributed by atoms with Crippen LogP contribution in [0.25, 0.3) is 0 Å². The zero-order valence-corrected chi connectivity index (χ0v) is 11.0. The Bertz CT molecular complexity index is 725. The molecule has 2 aromatic rings. The quantitative estimate of drug-likeness (QED) is 0.783. The highest BCUT2D eigenvalue weighted by Crippen LogP contribution is 2.35. The molecule has 114 valence electrons. The summed E-state index contributed by atoms with van der Waals surface area (Å²) in [7, 11) is 0. The van der Waals surface area contributed by atoms with Gasteiger partial charge in [-0.25, -0.2) is 4.39 Å². The van der Waals surface area contributed by atoms with E-state index in [1.54, 1.807) is 0 Å². The van der Waals surface area contributed by atoms with Gasteiger partial charge in [0, 0.05) is 0 Å². The lowest BCUT2D eigenvalue weighted by atomic mass is 10.0. The van der Waals surface area contributed by atoms with E-state index in [1.807, 2.05) is 0 Å². The molecule has 0 radical (unpaired) electrons. The molecule has 0 bridgehead atoms. The number of halogens is 4. The molecule has 0 saturated carbocycles. The van der Waals surface area contributed by atoms with Crippen molar-refractivity contribution in [1.82, 2.24) is 0 Å². The molecule has 1 aliphatic rings. The van der Waals surface area contributed by atoms with Crippen LogP contribution in [0.4, 0.5) is 28.9 Å². The molecule has 22 heavy (non-hydrogen) atoms. The summed E-state index contributed by atoms with van der Waals surface area (Å²) in [6, 6.07) is 7.44. The Kier molecular flexibility index (Phi) is 3.27. The van der Waals surface area contributed by atoms with Gasteiger partial charge >= 0.3 is 6.18 Å². The van der Waals surface area contributed by atoms with Crippen molar-refractivity contribution in [3.8, 4) is 0 Å². The molecular weight excluding hydrogens is 300 g/mol. The van der Waals surface area contributed by atoms with E-state index in [2.05, 4.69) is 10.6 Å². The van der Waals surface area contributed by atoms with E-state index in [4.69, 9.17) is 0 Å². The van der Waals surface area contributed by atoms with Crippen molar-refractivity contribution < 1.29 is 22.4 Å². The van der Waals surface area contributed by atoms with E-state index in [-0.39, 0.29) is 5.69 Å². The van der Waals surface area contributed by atoms with Gasteiger partial charge in [0.15, 0.2) is 0 Å². The number of hydrogen-bond acceptors (Lipinski definition) is 2. The second kappa shape index (κ2) is 5.01. The maximum Gasteiger partial charge on any atom is 0.416 e. The molecule has 1 aliphatic heterocycles. The SMILES string of the molecule is O=C1Nc2cccc(F)c2N[C@@H]1c1ccc(C(F)(F)F)cc1. The molecule has 1 amide bonds. The van der Waals surface area contributed by atoms with Gasteiger partial charge in [-0.05, 0) is 29.8 Å². The van der Waals surface area contributed by atoms with E-state index in [9.17, 15) is 22.4 Å². The summed E-state index contributed by atoms with van der Waals surface area (Å²) in [5, 5.41) is 5.25. The van der Waals surface area contributed by atoms with Crippen LogP contribution in [0.3, 0.4) is 0 Å². The fourth-order valence-electron chi connectivity index (χ4n) is 2.29. The summed E-state index contributed by atoms with van der Waals surface area (Å²) in [6.07, 6.45) is -4.44. The van der Waals surface area contributed by atoms with E-state index >= 15 is 0 Å². The van der Waals surface area contributed by atoms with Gasteiger partial charge < -0.3 is 10.6 Å². The fraction of sp³-hybridized carbons (Fsp3) is 0.133. The molecule has 0 saturated heterocycles. The van der Waals surface area contributed by atoms with Crippen molar-refractivity contribution in [2.24, 2.45) is 0 Å². The normalized spacial score (nSPS) is 17.5. The van der Waals surface area contributed by atoms with Crippen molar-refractivity contribution in [1.29, 1.82) is 0 Å². The standard InChI is InChI=1S/C15H10F4N2O/c16-10-2-1-3-11-13(10)21-12(14(22)20-11)8-4-6-9(7-5-8)15(17,18)19/h1-7,12,21H,(H,20,22)/t12-/m1/s1. The summed E-state index contributed by atoms with van der Waals surface area (Å²) in [4.78, 5) is 12.0. The average molecular weight is 310 g/mol. The summed E-state index contributed by atoms with van der Waals surface area (Å²) in [6.45, 7) is 0. The largest absolute Gasteiger partial charge is 0.416 e. The van der Waals surface area contributed by atoms with Crippen LogP contribution in [-0.2, 0) is 11.0 Å². The third-order valence-electron chi connectivity index (χ3n) is 3.39. The molecule has 3 rings (SSSR count). The van der Waals surface area contributed by atoms with Crippen molar-refractivity contribution in [3.05, 3.63) is 59.4 Å². The highest BCUT2D eigenvalue weighted by atomic mass is 19.4. The van der Waals surface area contributed by atoms with E-state index in [0.29, 0.717) is 11.3 Å². The molecule has 2 N–H and O–H groups in total. The van der Waals surface area contributed by atoms with Crippen LogP contribution in [0.5, 0.6) is 0 Å². The maximum atomic E-state index is 13.7. The van der Waals surface area contributed by atoms with E-state index in [0.717, 1.165) is 12.1 Å². The molecule has 1 atom stereocenters. The highest BCUT2D eigenvalue weighted by molar-refractivity contribution is 6.03. The van der Waals surface area contributed by atoms with Gasteiger partial charge in [0.05, 0.1) is 16.9 Å². The Balaban J connectivity index is 1.93. The summed E-state index contributed by atoms with van der Waals surface area (Å²) >= 11 is 0. The van der Waals surface area contributed by atoms with Crippen LogP contribution >= 0.6 is 0 Å². The number of benzene rings is 2. The predicted octanol–water partition coefficient (Wildman–Crippen LogP) is 3.95. The Labute approximate surface area is 123 Å². The monoisotopic (exact) mass is 310 g/mol. The number of nitrogens with one attached hydrogen (secondary N) is 2.